The highest BCUT2D eigenvalue weighted by Crippen LogP contribution is 2.25. The fraction of sp³-hybridized carbons (Fsp3) is 0.667. The van der Waals surface area contributed by atoms with E-state index >= 15 is 0 Å². The molecule has 3 heteroatoms. The summed E-state index contributed by atoms with van der Waals surface area (Å²) in [5.41, 5.74) is 1.29. The predicted octanol–water partition coefficient (Wildman–Crippen LogP) is 3.01. The first kappa shape index (κ1) is 16.5. The lowest BCUT2D eigenvalue weighted by Gasteiger charge is -2.37. The molecule has 0 saturated carbocycles. The lowest BCUT2D eigenvalue weighted by Crippen LogP contribution is -2.49. The topological polar surface area (TPSA) is 24.5 Å². The molecule has 1 saturated heterocycles. The minimum Gasteiger partial charge on any atom is -0.375 e. The summed E-state index contributed by atoms with van der Waals surface area (Å²) in [7, 11) is 0. The van der Waals surface area contributed by atoms with Crippen LogP contribution in [-0.4, -0.2) is 43.3 Å². The maximum absolute atomic E-state index is 5.88. The van der Waals surface area contributed by atoms with Crippen LogP contribution in [0.2, 0.25) is 0 Å². The molecule has 0 aliphatic carbocycles. The van der Waals surface area contributed by atoms with E-state index in [9.17, 15) is 0 Å². The van der Waals surface area contributed by atoms with Crippen molar-refractivity contribution in [2.75, 3.05) is 32.8 Å². The Morgan fingerprint density at radius 1 is 1.29 bits per heavy atom. The number of ether oxygens (including phenoxy) is 1. The second-order valence-electron chi connectivity index (χ2n) is 6.88. The predicted molar refractivity (Wildman–Crippen MR) is 88.6 cm³/mol. The molecule has 0 spiro atoms. The zero-order valence-electron chi connectivity index (χ0n) is 14.0. The van der Waals surface area contributed by atoms with Crippen molar-refractivity contribution in [1.29, 1.82) is 0 Å². The van der Waals surface area contributed by atoms with Gasteiger partial charge < -0.3 is 10.1 Å². The summed E-state index contributed by atoms with van der Waals surface area (Å²) in [6, 6.07) is 10.8. The van der Waals surface area contributed by atoms with Gasteiger partial charge in [-0.1, -0.05) is 30.3 Å². The van der Waals surface area contributed by atoms with E-state index in [0.29, 0.717) is 0 Å². The third kappa shape index (κ3) is 4.53. The molecule has 3 nitrogen and oxygen atoms in total. The number of hydrogen-bond acceptors (Lipinski definition) is 3. The normalized spacial score (nSPS) is 24.8. The van der Waals surface area contributed by atoms with Crippen molar-refractivity contribution in [2.24, 2.45) is 0 Å². The highest BCUT2D eigenvalue weighted by Gasteiger charge is 2.33. The van der Waals surface area contributed by atoms with Gasteiger partial charge in [0.05, 0.1) is 11.1 Å². The summed E-state index contributed by atoms with van der Waals surface area (Å²) in [5.74, 6) is 0. The molecule has 1 heterocycles. The van der Waals surface area contributed by atoms with Crippen molar-refractivity contribution >= 4 is 0 Å². The van der Waals surface area contributed by atoms with Crippen molar-refractivity contribution in [3.63, 3.8) is 0 Å². The number of hydrogen-bond donors (Lipinski definition) is 1. The third-order valence-corrected chi connectivity index (χ3v) is 4.26. The molecule has 1 aliphatic rings. The molecule has 0 aromatic heterocycles. The number of nitrogens with zero attached hydrogens (tertiary/aromatic N) is 1. The Bertz CT molecular complexity index is 432. The van der Waals surface area contributed by atoms with Crippen LogP contribution in [0, 0.1) is 0 Å². The van der Waals surface area contributed by atoms with Crippen molar-refractivity contribution < 1.29 is 4.74 Å². The van der Waals surface area contributed by atoms with Gasteiger partial charge >= 0.3 is 0 Å². The second kappa shape index (κ2) is 6.91. The van der Waals surface area contributed by atoms with Gasteiger partial charge in [-0.3, -0.25) is 4.90 Å². The highest BCUT2D eigenvalue weighted by atomic mass is 16.5. The maximum atomic E-state index is 5.88. The van der Waals surface area contributed by atoms with Gasteiger partial charge in [-0.15, -0.1) is 0 Å². The van der Waals surface area contributed by atoms with E-state index in [0.717, 1.165) is 32.8 Å². The summed E-state index contributed by atoms with van der Waals surface area (Å²) in [6.45, 7) is 13.7. The fourth-order valence-electron chi connectivity index (χ4n) is 3.36. The van der Waals surface area contributed by atoms with E-state index < -0.39 is 0 Å². The average Bonchev–Trinajstić information content (AvgIpc) is 2.62. The van der Waals surface area contributed by atoms with Gasteiger partial charge in [0.15, 0.2) is 0 Å². The fourth-order valence-corrected chi connectivity index (χ4v) is 3.36. The van der Waals surface area contributed by atoms with Crippen LogP contribution < -0.4 is 5.32 Å². The maximum Gasteiger partial charge on any atom is 0.0752 e. The zero-order valence-corrected chi connectivity index (χ0v) is 14.0. The molecular formula is C18H30N2O. The summed E-state index contributed by atoms with van der Waals surface area (Å²) in [4.78, 5) is 2.54. The molecule has 118 valence electrons. The Morgan fingerprint density at radius 3 is 2.67 bits per heavy atom. The van der Waals surface area contributed by atoms with Gasteiger partial charge in [0.25, 0.3) is 0 Å². The van der Waals surface area contributed by atoms with Crippen LogP contribution in [0.5, 0.6) is 0 Å². The van der Waals surface area contributed by atoms with Gasteiger partial charge in [-0.25, -0.2) is 0 Å². The SMILES string of the molecule is CCOC(C)(C)CN1CCCNC(C)(c2ccccc2)C1. The minimum absolute atomic E-state index is 0.0139. The zero-order chi connectivity index (χ0) is 15.3. The molecule has 0 radical (unpaired) electrons. The van der Waals surface area contributed by atoms with Gasteiger partial charge in [0, 0.05) is 19.7 Å². The molecule has 1 aromatic rings. The third-order valence-electron chi connectivity index (χ3n) is 4.26. The second-order valence-corrected chi connectivity index (χ2v) is 6.88. The summed E-state index contributed by atoms with van der Waals surface area (Å²) < 4.78 is 5.88. The molecule has 1 N–H and O–H groups in total. The smallest absolute Gasteiger partial charge is 0.0752 e. The van der Waals surface area contributed by atoms with Crippen LogP contribution in [0.3, 0.4) is 0 Å². The molecular weight excluding hydrogens is 260 g/mol. The number of rotatable bonds is 5. The van der Waals surface area contributed by atoms with E-state index in [2.05, 4.69) is 68.2 Å². The van der Waals surface area contributed by atoms with Crippen LogP contribution in [0.25, 0.3) is 0 Å². The van der Waals surface area contributed by atoms with Gasteiger partial charge in [-0.05, 0) is 52.8 Å². The largest absolute Gasteiger partial charge is 0.375 e. The van der Waals surface area contributed by atoms with Crippen LogP contribution in [0.15, 0.2) is 30.3 Å². The lowest BCUT2D eigenvalue weighted by atomic mass is 9.91. The van der Waals surface area contributed by atoms with E-state index in [1.807, 2.05) is 0 Å². The highest BCUT2D eigenvalue weighted by molar-refractivity contribution is 5.24. The average molecular weight is 290 g/mol. The van der Waals surface area contributed by atoms with Crippen molar-refractivity contribution in [1.82, 2.24) is 10.2 Å². The molecule has 1 atom stereocenters. The Hall–Kier alpha value is -0.900. The van der Waals surface area contributed by atoms with Crippen molar-refractivity contribution in [3.8, 4) is 0 Å². The van der Waals surface area contributed by atoms with Gasteiger partial charge in [-0.2, -0.15) is 0 Å². The molecule has 21 heavy (non-hydrogen) atoms. The number of nitrogens with one attached hydrogen (secondary N) is 1. The van der Waals surface area contributed by atoms with Crippen molar-refractivity contribution in [3.05, 3.63) is 35.9 Å². The Morgan fingerprint density at radius 2 is 2.00 bits per heavy atom. The number of benzene rings is 1. The monoisotopic (exact) mass is 290 g/mol. The summed E-state index contributed by atoms with van der Waals surface area (Å²) in [5, 5.41) is 3.74. The van der Waals surface area contributed by atoms with E-state index in [4.69, 9.17) is 4.74 Å². The lowest BCUT2D eigenvalue weighted by molar-refractivity contribution is -0.0363. The molecule has 1 aromatic carbocycles. The molecule has 1 fully saturated rings. The van der Waals surface area contributed by atoms with Crippen molar-refractivity contribution in [2.45, 2.75) is 45.3 Å². The van der Waals surface area contributed by atoms with Crippen LogP contribution in [0.4, 0.5) is 0 Å². The van der Waals surface area contributed by atoms with Crippen LogP contribution in [0.1, 0.15) is 39.7 Å². The summed E-state index contributed by atoms with van der Waals surface area (Å²) >= 11 is 0. The molecule has 2 rings (SSSR count). The standard InChI is InChI=1S/C18H30N2O/c1-5-21-17(2,3)14-20-13-9-12-19-18(4,15-20)16-10-7-6-8-11-16/h6-8,10-11,19H,5,9,12-15H2,1-4H3. The first-order chi connectivity index (χ1) is 9.95. The Kier molecular flexibility index (Phi) is 5.42. The first-order valence-electron chi connectivity index (χ1n) is 8.12. The van der Waals surface area contributed by atoms with E-state index in [1.54, 1.807) is 0 Å². The molecule has 0 amide bonds. The molecule has 0 bridgehead atoms. The van der Waals surface area contributed by atoms with Gasteiger partial charge in [0.2, 0.25) is 0 Å². The Labute approximate surface area is 129 Å². The molecule has 1 unspecified atom stereocenters. The quantitative estimate of drug-likeness (QED) is 0.902. The van der Waals surface area contributed by atoms with E-state index in [-0.39, 0.29) is 11.1 Å². The van der Waals surface area contributed by atoms with E-state index in [1.165, 1.54) is 12.0 Å². The van der Waals surface area contributed by atoms with Gasteiger partial charge in [0.1, 0.15) is 0 Å². The Balaban J connectivity index is 2.11. The minimum atomic E-state index is -0.0866. The first-order valence-corrected chi connectivity index (χ1v) is 8.12. The van der Waals surface area contributed by atoms with Crippen LogP contribution >= 0.6 is 0 Å². The molecule has 1 aliphatic heterocycles. The van der Waals surface area contributed by atoms with Crippen LogP contribution in [-0.2, 0) is 10.3 Å². The summed E-state index contributed by atoms with van der Waals surface area (Å²) in [6.07, 6.45) is 1.19.